The highest BCUT2D eigenvalue weighted by Gasteiger charge is 2.25. The van der Waals surface area contributed by atoms with E-state index in [-0.39, 0.29) is 0 Å². The smallest absolute Gasteiger partial charge is 0.190 e. The van der Waals surface area contributed by atoms with Gasteiger partial charge in [-0.3, -0.25) is 0 Å². The molecule has 18 heavy (non-hydrogen) atoms. The Kier molecular flexibility index (Phi) is 2.95. The van der Waals surface area contributed by atoms with Crippen LogP contribution in [-0.4, -0.2) is 19.5 Å². The lowest BCUT2D eigenvalue weighted by Crippen LogP contribution is -1.99. The summed E-state index contributed by atoms with van der Waals surface area (Å²) in [6, 6.07) is 2.44. The van der Waals surface area contributed by atoms with Gasteiger partial charge >= 0.3 is 0 Å². The molecule has 0 spiro atoms. The topological polar surface area (TPSA) is 69.6 Å². The second kappa shape index (κ2) is 4.61. The van der Waals surface area contributed by atoms with Gasteiger partial charge in [0.2, 0.25) is 0 Å². The van der Waals surface area contributed by atoms with Crippen molar-refractivity contribution in [1.29, 1.82) is 0 Å². The number of hydrogen-bond donors (Lipinski definition) is 1. The molecule has 0 aliphatic heterocycles. The third-order valence-corrected chi connectivity index (χ3v) is 3.77. The van der Waals surface area contributed by atoms with Crippen molar-refractivity contribution in [3.05, 3.63) is 30.0 Å². The first-order valence-electron chi connectivity index (χ1n) is 5.97. The lowest BCUT2D eigenvalue weighted by atomic mass is 10.4. The van der Waals surface area contributed by atoms with Crippen LogP contribution in [0.1, 0.15) is 30.3 Å². The molecular formula is C12H15N5S. The number of hydrogen-bond acceptors (Lipinski definition) is 5. The first-order chi connectivity index (χ1) is 8.72. The number of nitrogen functional groups attached to an aromatic ring is 1. The molecule has 1 saturated carbocycles. The molecule has 2 aromatic rings. The number of nitrogens with two attached hydrogens (primary N) is 1. The van der Waals surface area contributed by atoms with Crippen molar-refractivity contribution >= 4 is 17.6 Å². The summed E-state index contributed by atoms with van der Waals surface area (Å²) < 4.78 is 2.26. The summed E-state index contributed by atoms with van der Waals surface area (Å²) in [6.45, 7) is 1.93. The van der Waals surface area contributed by atoms with Crippen LogP contribution in [0.3, 0.4) is 0 Å². The summed E-state index contributed by atoms with van der Waals surface area (Å²) in [5.41, 5.74) is 7.85. The zero-order valence-electron chi connectivity index (χ0n) is 10.2. The molecule has 1 aliphatic rings. The number of imidazole rings is 1. The van der Waals surface area contributed by atoms with Crippen LogP contribution in [0.25, 0.3) is 0 Å². The molecule has 0 radical (unpaired) electrons. The van der Waals surface area contributed by atoms with E-state index in [2.05, 4.69) is 19.5 Å². The molecule has 0 bridgehead atoms. The monoisotopic (exact) mass is 261 g/mol. The van der Waals surface area contributed by atoms with Crippen molar-refractivity contribution in [3.63, 3.8) is 0 Å². The molecule has 0 saturated heterocycles. The van der Waals surface area contributed by atoms with Gasteiger partial charge in [-0.05, 0) is 19.8 Å². The third-order valence-electron chi connectivity index (χ3n) is 2.89. The van der Waals surface area contributed by atoms with E-state index in [1.165, 1.54) is 18.5 Å². The maximum atomic E-state index is 5.71. The van der Waals surface area contributed by atoms with E-state index in [1.54, 1.807) is 17.8 Å². The fourth-order valence-corrected chi connectivity index (χ4v) is 2.77. The minimum atomic E-state index is 0.528. The highest BCUT2D eigenvalue weighted by molar-refractivity contribution is 7.98. The number of nitrogens with zero attached hydrogens (tertiary/aromatic N) is 4. The Bertz CT molecular complexity index is 541. The molecule has 0 atom stereocenters. The summed E-state index contributed by atoms with van der Waals surface area (Å²) in [5.74, 6) is 1.36. The van der Waals surface area contributed by atoms with E-state index in [1.807, 2.05) is 19.4 Å². The molecule has 6 heteroatoms. The van der Waals surface area contributed by atoms with Gasteiger partial charge in [0.25, 0.3) is 0 Å². The average Bonchev–Trinajstić information content (AvgIpc) is 3.05. The molecular weight excluding hydrogens is 246 g/mol. The Morgan fingerprint density at radius 2 is 2.28 bits per heavy atom. The summed E-state index contributed by atoms with van der Waals surface area (Å²) in [5, 5.41) is 0.732. The first kappa shape index (κ1) is 11.5. The highest BCUT2D eigenvalue weighted by atomic mass is 32.2. The molecule has 0 amide bonds. The molecule has 3 rings (SSSR count). The van der Waals surface area contributed by atoms with Gasteiger partial charge in [-0.2, -0.15) is 0 Å². The molecule has 94 valence electrons. The minimum Gasteiger partial charge on any atom is -0.384 e. The van der Waals surface area contributed by atoms with Crippen LogP contribution in [0.5, 0.6) is 0 Å². The number of anilines is 1. The van der Waals surface area contributed by atoms with Crippen LogP contribution < -0.4 is 5.73 Å². The molecule has 5 nitrogen and oxygen atoms in total. The van der Waals surface area contributed by atoms with Crippen molar-refractivity contribution in [3.8, 4) is 0 Å². The van der Waals surface area contributed by atoms with Gasteiger partial charge in [0, 0.05) is 35.4 Å². The lowest BCUT2D eigenvalue weighted by Gasteiger charge is -2.06. The van der Waals surface area contributed by atoms with Gasteiger partial charge in [-0.25, -0.2) is 15.0 Å². The quantitative estimate of drug-likeness (QED) is 0.675. The number of rotatable bonds is 4. The van der Waals surface area contributed by atoms with Crippen LogP contribution in [-0.2, 0) is 5.75 Å². The van der Waals surface area contributed by atoms with Gasteiger partial charge in [0.1, 0.15) is 5.82 Å². The maximum absolute atomic E-state index is 5.71. The van der Waals surface area contributed by atoms with E-state index < -0.39 is 0 Å². The third kappa shape index (κ3) is 2.48. The standard InChI is InChI=1S/C12H15N5S/c1-8-4-11(13)16-12(15-8)18-6-10-5-14-7-17(10)9-2-3-9/h4-5,7,9H,2-3,6H2,1H3,(H2,13,15,16). The zero-order chi connectivity index (χ0) is 12.5. The van der Waals surface area contributed by atoms with Crippen LogP contribution in [0.4, 0.5) is 5.82 Å². The molecule has 1 aliphatic carbocycles. The largest absolute Gasteiger partial charge is 0.384 e. The summed E-state index contributed by atoms with van der Waals surface area (Å²) in [7, 11) is 0. The van der Waals surface area contributed by atoms with E-state index in [4.69, 9.17) is 5.73 Å². The lowest BCUT2D eigenvalue weighted by molar-refractivity contribution is 0.713. The molecule has 1 fully saturated rings. The predicted molar refractivity (Wildman–Crippen MR) is 71.2 cm³/mol. The van der Waals surface area contributed by atoms with Crippen molar-refractivity contribution in [2.45, 2.75) is 36.7 Å². The van der Waals surface area contributed by atoms with Gasteiger partial charge in [0.05, 0.1) is 6.33 Å². The van der Waals surface area contributed by atoms with Crippen molar-refractivity contribution in [2.75, 3.05) is 5.73 Å². The number of aryl methyl sites for hydroxylation is 1. The van der Waals surface area contributed by atoms with Gasteiger partial charge in [-0.15, -0.1) is 0 Å². The van der Waals surface area contributed by atoms with Crippen LogP contribution >= 0.6 is 11.8 Å². The van der Waals surface area contributed by atoms with Gasteiger partial charge < -0.3 is 10.3 Å². The Morgan fingerprint density at radius 1 is 1.44 bits per heavy atom. The maximum Gasteiger partial charge on any atom is 0.190 e. The second-order valence-corrected chi connectivity index (χ2v) is 5.47. The molecule has 0 unspecified atom stereocenters. The van der Waals surface area contributed by atoms with E-state index >= 15 is 0 Å². The van der Waals surface area contributed by atoms with Crippen LogP contribution in [0.15, 0.2) is 23.7 Å². The summed E-state index contributed by atoms with van der Waals surface area (Å²) in [6.07, 6.45) is 6.37. The summed E-state index contributed by atoms with van der Waals surface area (Å²) in [4.78, 5) is 12.8. The van der Waals surface area contributed by atoms with E-state index in [0.29, 0.717) is 11.9 Å². The van der Waals surface area contributed by atoms with Crippen molar-refractivity contribution in [2.24, 2.45) is 0 Å². The Hall–Kier alpha value is -1.56. The van der Waals surface area contributed by atoms with Crippen molar-refractivity contribution in [1.82, 2.24) is 19.5 Å². The minimum absolute atomic E-state index is 0.528. The SMILES string of the molecule is Cc1cc(N)nc(SCc2cncn2C2CC2)n1. The fraction of sp³-hybridized carbons (Fsp3) is 0.417. The molecule has 0 aromatic carbocycles. The zero-order valence-corrected chi connectivity index (χ0v) is 11.0. The van der Waals surface area contributed by atoms with E-state index in [9.17, 15) is 0 Å². The molecule has 2 aromatic heterocycles. The Balaban J connectivity index is 1.71. The number of thioether (sulfide) groups is 1. The summed E-state index contributed by atoms with van der Waals surface area (Å²) >= 11 is 1.60. The Morgan fingerprint density at radius 3 is 3.00 bits per heavy atom. The number of aromatic nitrogens is 4. The van der Waals surface area contributed by atoms with Gasteiger partial charge in [0.15, 0.2) is 5.16 Å². The molecule has 2 N–H and O–H groups in total. The van der Waals surface area contributed by atoms with Crippen LogP contribution in [0.2, 0.25) is 0 Å². The molecule has 2 heterocycles. The van der Waals surface area contributed by atoms with Gasteiger partial charge in [-0.1, -0.05) is 11.8 Å². The normalized spacial score (nSPS) is 14.9. The fourth-order valence-electron chi connectivity index (χ4n) is 1.89. The second-order valence-electron chi connectivity index (χ2n) is 4.53. The average molecular weight is 261 g/mol. The highest BCUT2D eigenvalue weighted by Crippen LogP contribution is 2.36. The Labute approximate surface area is 110 Å². The van der Waals surface area contributed by atoms with E-state index in [0.717, 1.165) is 16.6 Å². The van der Waals surface area contributed by atoms with Crippen LogP contribution in [0, 0.1) is 6.92 Å². The first-order valence-corrected chi connectivity index (χ1v) is 6.95. The predicted octanol–water partition coefficient (Wildman–Crippen LogP) is 2.19. The van der Waals surface area contributed by atoms with Crippen molar-refractivity contribution < 1.29 is 0 Å².